The first-order valence-corrected chi connectivity index (χ1v) is 6.75. The first kappa shape index (κ1) is 15.4. The molecule has 22 heavy (non-hydrogen) atoms. The number of amides is 2. The van der Waals surface area contributed by atoms with E-state index in [1.54, 1.807) is 31.5 Å². The highest BCUT2D eigenvalue weighted by atomic mass is 16.2. The summed E-state index contributed by atoms with van der Waals surface area (Å²) in [5.41, 5.74) is 3.88. The first-order chi connectivity index (χ1) is 10.7. The number of pyridine rings is 1. The van der Waals surface area contributed by atoms with E-state index in [1.165, 1.54) is 6.21 Å². The van der Waals surface area contributed by atoms with Crippen molar-refractivity contribution in [1.82, 2.24) is 15.7 Å². The molecule has 6 heteroatoms. The van der Waals surface area contributed by atoms with Gasteiger partial charge in [-0.2, -0.15) is 5.10 Å². The summed E-state index contributed by atoms with van der Waals surface area (Å²) in [6.45, 7) is 1.81. The van der Waals surface area contributed by atoms with E-state index in [9.17, 15) is 9.59 Å². The maximum atomic E-state index is 11.8. The Morgan fingerprint density at radius 2 is 1.77 bits per heavy atom. The van der Waals surface area contributed by atoms with Crippen molar-refractivity contribution >= 4 is 18.0 Å². The van der Waals surface area contributed by atoms with Gasteiger partial charge in [0.15, 0.2) is 0 Å². The average molecular weight is 296 g/mol. The molecular formula is C16H16N4O2. The molecule has 1 aromatic carbocycles. The van der Waals surface area contributed by atoms with Crippen molar-refractivity contribution in [2.75, 3.05) is 0 Å². The molecule has 0 saturated carbocycles. The van der Waals surface area contributed by atoms with Crippen LogP contribution in [-0.4, -0.2) is 23.0 Å². The van der Waals surface area contributed by atoms with Crippen molar-refractivity contribution in [2.45, 2.75) is 13.0 Å². The summed E-state index contributed by atoms with van der Waals surface area (Å²) in [6.07, 6.45) is 4.66. The van der Waals surface area contributed by atoms with Crippen molar-refractivity contribution in [3.63, 3.8) is 0 Å². The summed E-state index contributed by atoms with van der Waals surface area (Å²) in [5, 5.41) is 6.34. The van der Waals surface area contributed by atoms with Crippen molar-refractivity contribution < 1.29 is 9.59 Å². The highest BCUT2D eigenvalue weighted by Gasteiger charge is 2.16. The molecule has 1 aromatic heterocycles. The number of nitrogens with one attached hydrogen (secondary N) is 2. The van der Waals surface area contributed by atoms with E-state index in [0.29, 0.717) is 0 Å². The zero-order valence-corrected chi connectivity index (χ0v) is 12.1. The lowest BCUT2D eigenvalue weighted by Crippen LogP contribution is -2.39. The van der Waals surface area contributed by atoms with E-state index in [1.807, 2.05) is 30.3 Å². The van der Waals surface area contributed by atoms with Gasteiger partial charge in [-0.1, -0.05) is 30.3 Å². The molecule has 0 spiro atoms. The third-order valence-corrected chi connectivity index (χ3v) is 2.94. The normalized spacial score (nSPS) is 11.9. The maximum absolute atomic E-state index is 11.8. The SMILES string of the molecule is CC(NC(=O)C(=O)NN=Cc1ccncc1)c1ccccc1. The number of carbonyl (C=O) groups excluding carboxylic acids is 2. The number of hydrazone groups is 1. The summed E-state index contributed by atoms with van der Waals surface area (Å²) < 4.78 is 0. The number of benzene rings is 1. The van der Waals surface area contributed by atoms with Crippen LogP contribution < -0.4 is 10.7 Å². The van der Waals surface area contributed by atoms with Crippen LogP contribution in [0.4, 0.5) is 0 Å². The predicted molar refractivity (Wildman–Crippen MR) is 83.0 cm³/mol. The van der Waals surface area contributed by atoms with E-state index in [-0.39, 0.29) is 6.04 Å². The van der Waals surface area contributed by atoms with E-state index in [4.69, 9.17) is 0 Å². The third kappa shape index (κ3) is 4.52. The topological polar surface area (TPSA) is 83.5 Å². The minimum absolute atomic E-state index is 0.261. The van der Waals surface area contributed by atoms with E-state index >= 15 is 0 Å². The van der Waals surface area contributed by atoms with Crippen LogP contribution >= 0.6 is 0 Å². The summed E-state index contributed by atoms with van der Waals surface area (Å²) in [6, 6.07) is 12.6. The lowest BCUT2D eigenvalue weighted by molar-refractivity contribution is -0.139. The number of hydrogen-bond acceptors (Lipinski definition) is 4. The van der Waals surface area contributed by atoms with Gasteiger partial charge >= 0.3 is 11.8 Å². The molecule has 1 heterocycles. The number of rotatable bonds is 4. The van der Waals surface area contributed by atoms with E-state index in [0.717, 1.165) is 11.1 Å². The largest absolute Gasteiger partial charge is 0.341 e. The van der Waals surface area contributed by atoms with Crippen LogP contribution in [0.1, 0.15) is 24.1 Å². The molecule has 2 rings (SSSR count). The summed E-state index contributed by atoms with van der Waals surface area (Å²) in [5.74, 6) is -1.55. The number of aromatic nitrogens is 1. The fraction of sp³-hybridized carbons (Fsp3) is 0.125. The lowest BCUT2D eigenvalue weighted by atomic mass is 10.1. The third-order valence-electron chi connectivity index (χ3n) is 2.94. The van der Waals surface area contributed by atoms with Crippen molar-refractivity contribution in [3.8, 4) is 0 Å². The maximum Gasteiger partial charge on any atom is 0.329 e. The van der Waals surface area contributed by atoms with Gasteiger partial charge in [0.25, 0.3) is 0 Å². The molecule has 0 saturated heterocycles. The average Bonchev–Trinajstić information content (AvgIpc) is 2.56. The van der Waals surface area contributed by atoms with E-state index < -0.39 is 11.8 Å². The number of nitrogens with zero attached hydrogens (tertiary/aromatic N) is 2. The van der Waals surface area contributed by atoms with Gasteiger partial charge in [0.1, 0.15) is 0 Å². The molecule has 0 aliphatic carbocycles. The highest BCUT2D eigenvalue weighted by molar-refractivity contribution is 6.35. The number of carbonyl (C=O) groups is 2. The van der Waals surface area contributed by atoms with Crippen LogP contribution in [0.15, 0.2) is 60.0 Å². The molecule has 1 unspecified atom stereocenters. The van der Waals surface area contributed by atoms with Crippen LogP contribution in [0.2, 0.25) is 0 Å². The molecule has 0 bridgehead atoms. The highest BCUT2D eigenvalue weighted by Crippen LogP contribution is 2.10. The molecule has 0 aliphatic rings. The van der Waals surface area contributed by atoms with Crippen LogP contribution in [0.3, 0.4) is 0 Å². The Bertz CT molecular complexity index is 656. The summed E-state index contributed by atoms with van der Waals surface area (Å²) in [4.78, 5) is 27.3. The number of hydrogen-bond donors (Lipinski definition) is 2. The standard InChI is InChI=1S/C16H16N4O2/c1-12(14-5-3-2-4-6-14)19-15(21)16(22)20-18-11-13-7-9-17-10-8-13/h2-12H,1H3,(H,19,21)(H,20,22). The van der Waals surface area contributed by atoms with E-state index in [2.05, 4.69) is 20.8 Å². The van der Waals surface area contributed by atoms with Gasteiger partial charge in [-0.3, -0.25) is 14.6 Å². The van der Waals surface area contributed by atoms with Crippen molar-refractivity contribution in [2.24, 2.45) is 5.10 Å². The second kappa shape index (κ2) is 7.68. The van der Waals surface area contributed by atoms with Crippen LogP contribution in [-0.2, 0) is 9.59 Å². The monoisotopic (exact) mass is 296 g/mol. The molecule has 0 aliphatic heterocycles. The second-order valence-electron chi connectivity index (χ2n) is 4.59. The Morgan fingerprint density at radius 1 is 1.09 bits per heavy atom. The molecule has 0 fully saturated rings. The smallest absolute Gasteiger partial charge is 0.329 e. The fourth-order valence-electron chi connectivity index (χ4n) is 1.75. The lowest BCUT2D eigenvalue weighted by Gasteiger charge is -2.13. The second-order valence-corrected chi connectivity index (χ2v) is 4.59. The molecular weight excluding hydrogens is 280 g/mol. The van der Waals surface area contributed by atoms with Gasteiger partial charge < -0.3 is 5.32 Å². The Morgan fingerprint density at radius 3 is 2.45 bits per heavy atom. The first-order valence-electron chi connectivity index (χ1n) is 6.75. The predicted octanol–water partition coefficient (Wildman–Crippen LogP) is 1.41. The zero-order valence-electron chi connectivity index (χ0n) is 12.1. The van der Waals surface area contributed by atoms with Gasteiger partial charge in [-0.05, 0) is 30.2 Å². The summed E-state index contributed by atoms with van der Waals surface area (Å²) >= 11 is 0. The summed E-state index contributed by atoms with van der Waals surface area (Å²) in [7, 11) is 0. The Hall–Kier alpha value is -3.02. The van der Waals surface area contributed by atoms with Crippen LogP contribution in [0.25, 0.3) is 0 Å². The minimum Gasteiger partial charge on any atom is -0.341 e. The fourth-order valence-corrected chi connectivity index (χ4v) is 1.75. The zero-order chi connectivity index (χ0) is 15.8. The van der Waals surface area contributed by atoms with Crippen LogP contribution in [0.5, 0.6) is 0 Å². The molecule has 1 atom stereocenters. The quantitative estimate of drug-likeness (QED) is 0.508. The Kier molecular flexibility index (Phi) is 5.37. The van der Waals surface area contributed by atoms with Gasteiger partial charge in [0.05, 0.1) is 12.3 Å². The molecule has 2 amide bonds. The molecule has 2 aromatic rings. The van der Waals surface area contributed by atoms with Gasteiger partial charge in [-0.25, -0.2) is 5.43 Å². The Labute approximate surface area is 128 Å². The Balaban J connectivity index is 1.85. The van der Waals surface area contributed by atoms with Gasteiger partial charge in [0, 0.05) is 12.4 Å². The van der Waals surface area contributed by atoms with Gasteiger partial charge in [-0.15, -0.1) is 0 Å². The van der Waals surface area contributed by atoms with Crippen molar-refractivity contribution in [1.29, 1.82) is 0 Å². The van der Waals surface area contributed by atoms with Crippen LogP contribution in [0, 0.1) is 0 Å². The molecule has 112 valence electrons. The molecule has 6 nitrogen and oxygen atoms in total. The molecule has 0 radical (unpaired) electrons. The molecule has 2 N–H and O–H groups in total. The van der Waals surface area contributed by atoms with Gasteiger partial charge in [0.2, 0.25) is 0 Å². The van der Waals surface area contributed by atoms with Crippen molar-refractivity contribution in [3.05, 3.63) is 66.0 Å². The minimum atomic E-state index is -0.812.